The molecule has 0 aromatic heterocycles. The molecule has 5 nitrogen and oxygen atoms in total. The van der Waals surface area contributed by atoms with Crippen molar-refractivity contribution in [1.82, 2.24) is 4.31 Å². The Kier molecular flexibility index (Phi) is 7.14. The number of anilines is 1. The molecule has 0 bridgehead atoms. The van der Waals surface area contributed by atoms with E-state index in [2.05, 4.69) is 5.32 Å². The molecule has 0 aliphatic heterocycles. The predicted octanol–water partition coefficient (Wildman–Crippen LogP) is 3.31. The summed E-state index contributed by atoms with van der Waals surface area (Å²) in [4.78, 5) is 12.0. The molecule has 1 amide bonds. The Bertz CT molecular complexity index is 860. The van der Waals surface area contributed by atoms with Crippen LogP contribution in [0.15, 0.2) is 48.5 Å². The smallest absolute Gasteiger partial charge is 0.225 e. The Hall–Kier alpha value is -1.96. The second kappa shape index (κ2) is 9.12. The van der Waals surface area contributed by atoms with E-state index in [0.29, 0.717) is 18.7 Å². The minimum absolute atomic E-state index is 0.0170. The fourth-order valence-electron chi connectivity index (χ4n) is 2.37. The number of nitrogens with zero attached hydrogens (tertiary/aromatic N) is 1. The van der Waals surface area contributed by atoms with Crippen LogP contribution in [0, 0.1) is 5.82 Å². The van der Waals surface area contributed by atoms with Gasteiger partial charge in [-0.1, -0.05) is 41.9 Å². The summed E-state index contributed by atoms with van der Waals surface area (Å²) >= 11 is 5.67. The highest BCUT2D eigenvalue weighted by Gasteiger charge is 2.18. The van der Waals surface area contributed by atoms with Crippen LogP contribution in [-0.2, 0) is 21.2 Å². The number of rotatable bonds is 8. The molecule has 0 fully saturated rings. The van der Waals surface area contributed by atoms with Crippen LogP contribution in [0.5, 0.6) is 0 Å². The Labute approximate surface area is 157 Å². The molecule has 26 heavy (non-hydrogen) atoms. The standard InChI is InChI=1S/C18H20ClFN2O3S/c1-26(24,25)22(11-9-14-5-3-2-4-6-14)12-10-18(23)21-15-7-8-17(20)16(19)13-15/h2-8,13H,9-12H2,1H3,(H,21,23). The summed E-state index contributed by atoms with van der Waals surface area (Å²) in [5.41, 5.74) is 1.38. The van der Waals surface area contributed by atoms with Crippen molar-refractivity contribution in [2.75, 3.05) is 24.7 Å². The van der Waals surface area contributed by atoms with Gasteiger partial charge in [0.25, 0.3) is 0 Å². The summed E-state index contributed by atoms with van der Waals surface area (Å²) in [5.74, 6) is -0.949. The molecule has 0 aliphatic carbocycles. The van der Waals surface area contributed by atoms with Crippen LogP contribution in [0.3, 0.4) is 0 Å². The molecule has 0 heterocycles. The van der Waals surface area contributed by atoms with Crippen LogP contribution >= 0.6 is 11.6 Å². The van der Waals surface area contributed by atoms with Crippen LogP contribution in [0.2, 0.25) is 5.02 Å². The van der Waals surface area contributed by atoms with Crippen molar-refractivity contribution in [3.05, 3.63) is 64.9 Å². The normalized spacial score (nSPS) is 11.5. The van der Waals surface area contributed by atoms with E-state index in [1.54, 1.807) is 0 Å². The van der Waals surface area contributed by atoms with Crippen LogP contribution < -0.4 is 5.32 Å². The number of benzene rings is 2. The number of sulfonamides is 1. The predicted molar refractivity (Wildman–Crippen MR) is 101 cm³/mol. The molecule has 0 spiro atoms. The summed E-state index contributed by atoms with van der Waals surface area (Å²) in [6.45, 7) is 0.352. The third kappa shape index (κ3) is 6.40. The highest BCUT2D eigenvalue weighted by atomic mass is 35.5. The molecular weight excluding hydrogens is 379 g/mol. The van der Waals surface area contributed by atoms with Gasteiger partial charge in [-0.05, 0) is 30.2 Å². The van der Waals surface area contributed by atoms with E-state index in [1.165, 1.54) is 16.4 Å². The highest BCUT2D eigenvalue weighted by Crippen LogP contribution is 2.19. The SMILES string of the molecule is CS(=O)(=O)N(CCC(=O)Nc1ccc(F)c(Cl)c1)CCc1ccccc1. The van der Waals surface area contributed by atoms with Crippen molar-refractivity contribution in [1.29, 1.82) is 0 Å². The number of hydrogen-bond acceptors (Lipinski definition) is 3. The average Bonchev–Trinajstić information content (AvgIpc) is 2.58. The lowest BCUT2D eigenvalue weighted by Crippen LogP contribution is -2.34. The number of carbonyl (C=O) groups is 1. The van der Waals surface area contributed by atoms with Gasteiger partial charge in [0.1, 0.15) is 5.82 Å². The summed E-state index contributed by atoms with van der Waals surface area (Å²) in [6.07, 6.45) is 1.66. The van der Waals surface area contributed by atoms with Gasteiger partial charge in [0.05, 0.1) is 11.3 Å². The van der Waals surface area contributed by atoms with Crippen molar-refractivity contribution in [2.45, 2.75) is 12.8 Å². The zero-order valence-corrected chi connectivity index (χ0v) is 15.9. The molecule has 140 valence electrons. The van der Waals surface area contributed by atoms with Crippen LogP contribution in [-0.4, -0.2) is 38.0 Å². The number of carbonyl (C=O) groups excluding carboxylic acids is 1. The molecule has 2 aromatic rings. The van der Waals surface area contributed by atoms with E-state index >= 15 is 0 Å². The lowest BCUT2D eigenvalue weighted by atomic mass is 10.1. The van der Waals surface area contributed by atoms with Crippen molar-refractivity contribution in [3.63, 3.8) is 0 Å². The van der Waals surface area contributed by atoms with Crippen molar-refractivity contribution >= 4 is 33.2 Å². The lowest BCUT2D eigenvalue weighted by Gasteiger charge is -2.19. The summed E-state index contributed by atoms with van der Waals surface area (Å²) < 4.78 is 38.3. The van der Waals surface area contributed by atoms with Crippen molar-refractivity contribution in [3.8, 4) is 0 Å². The maximum absolute atomic E-state index is 13.1. The number of hydrogen-bond donors (Lipinski definition) is 1. The Morgan fingerprint density at radius 1 is 1.15 bits per heavy atom. The summed E-state index contributed by atoms with van der Waals surface area (Å²) in [7, 11) is -3.43. The van der Waals surface area contributed by atoms with Gasteiger partial charge in [-0.2, -0.15) is 0 Å². The number of nitrogens with one attached hydrogen (secondary N) is 1. The molecule has 0 aliphatic rings. The second-order valence-corrected chi connectivity index (χ2v) is 8.21. The van der Waals surface area contributed by atoms with Gasteiger partial charge >= 0.3 is 0 Å². The van der Waals surface area contributed by atoms with Crippen LogP contribution in [0.25, 0.3) is 0 Å². The summed E-state index contributed by atoms with van der Waals surface area (Å²) in [5, 5.41) is 2.48. The first-order valence-corrected chi connectivity index (χ1v) is 10.2. The van der Waals surface area contributed by atoms with Crippen LogP contribution in [0.4, 0.5) is 10.1 Å². The quantitative estimate of drug-likeness (QED) is 0.741. The maximum atomic E-state index is 13.1. The Balaban J connectivity index is 1.91. The first-order chi connectivity index (χ1) is 12.3. The van der Waals surface area contributed by atoms with E-state index in [4.69, 9.17) is 11.6 Å². The summed E-state index contributed by atoms with van der Waals surface area (Å²) in [6, 6.07) is 13.4. The molecule has 0 saturated heterocycles. The molecule has 2 rings (SSSR count). The van der Waals surface area contributed by atoms with Gasteiger partial charge in [0, 0.05) is 25.2 Å². The lowest BCUT2D eigenvalue weighted by molar-refractivity contribution is -0.116. The molecule has 8 heteroatoms. The number of halogens is 2. The molecular formula is C18H20ClFN2O3S. The minimum Gasteiger partial charge on any atom is -0.326 e. The van der Waals surface area contributed by atoms with Crippen LogP contribution in [0.1, 0.15) is 12.0 Å². The van der Waals surface area contributed by atoms with Gasteiger partial charge in [-0.15, -0.1) is 0 Å². The molecule has 0 unspecified atom stereocenters. The average molecular weight is 399 g/mol. The van der Waals surface area contributed by atoms with E-state index in [-0.39, 0.29) is 23.9 Å². The number of amides is 1. The third-order valence-corrected chi connectivity index (χ3v) is 5.35. The van der Waals surface area contributed by atoms with Crippen molar-refractivity contribution in [2.24, 2.45) is 0 Å². The Morgan fingerprint density at radius 2 is 1.85 bits per heavy atom. The zero-order valence-electron chi connectivity index (χ0n) is 14.3. The van der Waals surface area contributed by atoms with Gasteiger partial charge in [-0.25, -0.2) is 17.1 Å². The molecule has 1 N–H and O–H groups in total. The largest absolute Gasteiger partial charge is 0.326 e. The zero-order chi connectivity index (χ0) is 19.2. The molecule has 2 aromatic carbocycles. The third-order valence-electron chi connectivity index (χ3n) is 3.75. The maximum Gasteiger partial charge on any atom is 0.225 e. The van der Waals surface area contributed by atoms with Crippen molar-refractivity contribution < 1.29 is 17.6 Å². The monoisotopic (exact) mass is 398 g/mol. The Morgan fingerprint density at radius 3 is 2.46 bits per heavy atom. The molecule has 0 saturated carbocycles. The van der Waals surface area contributed by atoms with E-state index in [0.717, 1.165) is 17.9 Å². The van der Waals surface area contributed by atoms with Gasteiger partial charge < -0.3 is 5.32 Å². The molecule has 0 radical (unpaired) electrons. The van der Waals surface area contributed by atoms with Gasteiger partial charge in [0.2, 0.25) is 15.9 Å². The second-order valence-electron chi connectivity index (χ2n) is 5.82. The van der Waals surface area contributed by atoms with E-state index in [1.807, 2.05) is 30.3 Å². The highest BCUT2D eigenvalue weighted by molar-refractivity contribution is 7.88. The first kappa shape index (κ1) is 20.4. The minimum atomic E-state index is -3.43. The van der Waals surface area contributed by atoms with Gasteiger partial charge in [-0.3, -0.25) is 4.79 Å². The topological polar surface area (TPSA) is 66.5 Å². The fourth-order valence-corrected chi connectivity index (χ4v) is 3.39. The van der Waals surface area contributed by atoms with E-state index in [9.17, 15) is 17.6 Å². The van der Waals surface area contributed by atoms with Gasteiger partial charge in [0.15, 0.2) is 0 Å². The first-order valence-electron chi connectivity index (χ1n) is 7.99. The van der Waals surface area contributed by atoms with E-state index < -0.39 is 15.8 Å². The fraction of sp³-hybridized carbons (Fsp3) is 0.278. The molecule has 0 atom stereocenters.